The first-order valence-electron chi connectivity index (χ1n) is 4.39. The third-order valence-electron chi connectivity index (χ3n) is 1.47. The summed E-state index contributed by atoms with van der Waals surface area (Å²) in [6.07, 6.45) is -2.54. The van der Waals surface area contributed by atoms with Crippen LogP contribution in [0.2, 0.25) is 0 Å². The third-order valence-corrected chi connectivity index (χ3v) is 1.47. The summed E-state index contributed by atoms with van der Waals surface area (Å²) in [5.74, 6) is 0.336. The molecule has 0 amide bonds. The van der Waals surface area contributed by atoms with Gasteiger partial charge in [0.15, 0.2) is 0 Å². The minimum atomic E-state index is -4.22. The maximum absolute atomic E-state index is 11.8. The Morgan fingerprint density at radius 2 is 1.79 bits per heavy atom. The van der Waals surface area contributed by atoms with Gasteiger partial charge >= 0.3 is 6.18 Å². The minimum absolute atomic E-state index is 0. The summed E-state index contributed by atoms with van der Waals surface area (Å²) in [7, 11) is 0. The smallest absolute Gasteiger partial charge is 0.408 e. The molecule has 0 saturated carbocycles. The summed E-state index contributed by atoms with van der Waals surface area (Å²) in [6.45, 7) is 4.54. The molecule has 5 heteroatoms. The average Bonchev–Trinajstić information content (AvgIpc) is 1.95. The predicted octanol–water partition coefficient (Wildman–Crippen LogP) is 3.55. The van der Waals surface area contributed by atoms with Gasteiger partial charge in [-0.1, -0.05) is 26.7 Å². The fourth-order valence-corrected chi connectivity index (χ4v) is 0.945. The first-order chi connectivity index (χ1) is 5.85. The molecular weight excluding hydrogens is 326 g/mol. The Labute approximate surface area is 116 Å². The van der Waals surface area contributed by atoms with Gasteiger partial charge in [0.2, 0.25) is 0 Å². The Morgan fingerprint density at radius 3 is 2.07 bits per heavy atom. The number of halogens is 3. The molecule has 0 aliphatic heterocycles. The third kappa shape index (κ3) is 11.2. The zero-order valence-corrected chi connectivity index (χ0v) is 11.6. The molecule has 0 heterocycles. The fourth-order valence-electron chi connectivity index (χ4n) is 0.945. The van der Waals surface area contributed by atoms with E-state index in [1.54, 1.807) is 6.92 Å². The molecule has 0 bridgehead atoms. The molecule has 0 aliphatic rings. The molecule has 0 spiro atoms. The van der Waals surface area contributed by atoms with Crippen LogP contribution in [0.25, 0.3) is 0 Å². The summed E-state index contributed by atoms with van der Waals surface area (Å²) in [5, 5.41) is 0. The van der Waals surface area contributed by atoms with E-state index in [9.17, 15) is 13.2 Å². The molecule has 0 saturated heterocycles. The predicted molar refractivity (Wildman–Crippen MR) is 45.0 cm³/mol. The molecule has 14 heavy (non-hydrogen) atoms. The molecule has 0 rings (SSSR count). The molecular formula is C9H16F3OPm-. The van der Waals surface area contributed by atoms with E-state index >= 15 is 0 Å². The molecule has 0 aromatic carbocycles. The van der Waals surface area contributed by atoms with E-state index in [0.29, 0.717) is 24.9 Å². The van der Waals surface area contributed by atoms with Crippen molar-refractivity contribution in [2.75, 3.05) is 6.61 Å². The molecule has 0 aromatic heterocycles. The second kappa shape index (κ2) is 8.26. The summed E-state index contributed by atoms with van der Waals surface area (Å²) in [6, 6.07) is 0. The van der Waals surface area contributed by atoms with Gasteiger partial charge in [-0.2, -0.15) is 32.1 Å². The van der Waals surface area contributed by atoms with Crippen molar-refractivity contribution in [3.05, 3.63) is 6.10 Å². The van der Waals surface area contributed by atoms with Gasteiger partial charge in [0, 0.05) is 40.4 Å². The Kier molecular flexibility index (Phi) is 10.3. The van der Waals surface area contributed by atoms with Crippen LogP contribution in [-0.4, -0.2) is 12.8 Å². The molecule has 1 nitrogen and oxygen atoms in total. The summed E-state index contributed by atoms with van der Waals surface area (Å²) in [5.41, 5.74) is 0. The van der Waals surface area contributed by atoms with Gasteiger partial charge in [0.25, 0.3) is 0 Å². The Bertz CT molecular complexity index is 137. The Hall–Kier alpha value is 1.09. The van der Waals surface area contributed by atoms with Crippen LogP contribution in [0.5, 0.6) is 0 Å². The van der Waals surface area contributed by atoms with Gasteiger partial charge in [-0.3, -0.25) is 0 Å². The number of hydrogen-bond acceptors (Lipinski definition) is 1. The van der Waals surface area contributed by atoms with E-state index in [1.165, 1.54) is 0 Å². The van der Waals surface area contributed by atoms with Crippen molar-refractivity contribution in [3.8, 4) is 0 Å². The first-order valence-corrected chi connectivity index (χ1v) is 4.39. The molecule has 0 N–H and O–H groups in total. The van der Waals surface area contributed by atoms with Gasteiger partial charge < -0.3 is 4.74 Å². The van der Waals surface area contributed by atoms with Crippen LogP contribution < -0.4 is 0 Å². The van der Waals surface area contributed by atoms with E-state index in [2.05, 4.69) is 4.74 Å². The molecule has 0 aliphatic carbocycles. The topological polar surface area (TPSA) is 9.23 Å². The summed E-state index contributed by atoms with van der Waals surface area (Å²) in [4.78, 5) is 0. The zero-order valence-electron chi connectivity index (χ0n) is 8.69. The Morgan fingerprint density at radius 1 is 1.29 bits per heavy atom. The van der Waals surface area contributed by atoms with Gasteiger partial charge in [0.05, 0.1) is 0 Å². The standard InChI is InChI=1S/C9H16F3O.Pm/c1-4-8(5-7(2)3)13-6-9(10,11)12;/h7H,4-6H2,1-3H3;/q-1;. The van der Waals surface area contributed by atoms with Crippen molar-refractivity contribution < 1.29 is 58.3 Å². The average molecular weight is 342 g/mol. The van der Waals surface area contributed by atoms with E-state index in [1.807, 2.05) is 13.8 Å². The second-order valence-corrected chi connectivity index (χ2v) is 3.39. The van der Waals surface area contributed by atoms with E-state index in [-0.39, 0.29) is 40.4 Å². The Balaban J connectivity index is 0. The summed E-state index contributed by atoms with van der Waals surface area (Å²) < 4.78 is 39.9. The summed E-state index contributed by atoms with van der Waals surface area (Å²) >= 11 is 0. The van der Waals surface area contributed by atoms with Crippen LogP contribution in [0.1, 0.15) is 33.6 Å². The fraction of sp³-hybridized carbons (Fsp3) is 0.889. The maximum Gasteiger partial charge on any atom is 0.408 e. The van der Waals surface area contributed by atoms with E-state index < -0.39 is 12.8 Å². The molecule has 1 radical (unpaired) electrons. The van der Waals surface area contributed by atoms with Crippen LogP contribution >= 0.6 is 0 Å². The van der Waals surface area contributed by atoms with Crippen molar-refractivity contribution in [2.45, 2.75) is 39.8 Å². The molecule has 0 atom stereocenters. The second-order valence-electron chi connectivity index (χ2n) is 3.39. The molecule has 85 valence electrons. The number of ether oxygens (including phenoxy) is 1. The molecule has 0 unspecified atom stereocenters. The van der Waals surface area contributed by atoms with E-state index in [4.69, 9.17) is 0 Å². The quantitative estimate of drug-likeness (QED) is 0.695. The monoisotopic (exact) mass is 342 g/mol. The number of alkyl halides is 3. The van der Waals surface area contributed by atoms with Crippen molar-refractivity contribution in [1.82, 2.24) is 0 Å². The van der Waals surface area contributed by atoms with Crippen molar-refractivity contribution in [3.63, 3.8) is 0 Å². The SMILES string of the molecule is CC[C-](CC(C)C)OCC(F)(F)F.[Pm]. The first kappa shape index (κ1) is 17.5. The zero-order chi connectivity index (χ0) is 10.5. The number of hydrogen-bond donors (Lipinski definition) is 0. The van der Waals surface area contributed by atoms with Gasteiger partial charge in [-0.25, -0.2) is 0 Å². The van der Waals surface area contributed by atoms with Gasteiger partial charge in [0.1, 0.15) is 6.61 Å². The van der Waals surface area contributed by atoms with Crippen LogP contribution in [-0.2, 0) is 4.74 Å². The van der Waals surface area contributed by atoms with Crippen LogP contribution in [0.15, 0.2) is 0 Å². The van der Waals surface area contributed by atoms with Crippen molar-refractivity contribution >= 4 is 0 Å². The van der Waals surface area contributed by atoms with Gasteiger partial charge in [-0.15, -0.1) is 0 Å². The normalized spacial score (nSPS) is 12.0. The van der Waals surface area contributed by atoms with Crippen molar-refractivity contribution in [2.24, 2.45) is 5.92 Å². The maximum atomic E-state index is 11.8. The van der Waals surface area contributed by atoms with Crippen LogP contribution in [0.3, 0.4) is 0 Å². The minimum Gasteiger partial charge on any atom is -0.542 e. The van der Waals surface area contributed by atoms with Gasteiger partial charge in [-0.05, 0) is 0 Å². The van der Waals surface area contributed by atoms with Crippen LogP contribution in [0, 0.1) is 52.4 Å². The number of rotatable bonds is 5. The van der Waals surface area contributed by atoms with E-state index in [0.717, 1.165) is 0 Å². The molecule has 0 aromatic rings. The van der Waals surface area contributed by atoms with Crippen molar-refractivity contribution in [1.29, 1.82) is 0 Å². The largest absolute Gasteiger partial charge is 0.542 e. The van der Waals surface area contributed by atoms with Crippen LogP contribution in [0.4, 0.5) is 13.2 Å². The molecule has 0 fully saturated rings.